The van der Waals surface area contributed by atoms with Gasteiger partial charge < -0.3 is 9.80 Å². The van der Waals surface area contributed by atoms with Crippen molar-refractivity contribution in [3.8, 4) is 0 Å². The molecule has 29 heavy (non-hydrogen) atoms. The number of thioether (sulfide) groups is 1. The summed E-state index contributed by atoms with van der Waals surface area (Å²) in [6.45, 7) is 6.08. The first-order valence-corrected chi connectivity index (χ1v) is 11.9. The summed E-state index contributed by atoms with van der Waals surface area (Å²) in [5.74, 6) is 0.273. The fraction of sp³-hybridized carbons (Fsp3) is 0.458. The number of carbonyl (C=O) groups is 1. The van der Waals surface area contributed by atoms with Gasteiger partial charge in [0.25, 0.3) is 0 Å². The third-order valence-corrected chi connectivity index (χ3v) is 6.96. The molecule has 2 aliphatic heterocycles. The number of benzene rings is 2. The van der Waals surface area contributed by atoms with Gasteiger partial charge in [0, 0.05) is 55.9 Å². The van der Waals surface area contributed by atoms with E-state index < -0.39 is 0 Å². The van der Waals surface area contributed by atoms with Crippen molar-refractivity contribution in [2.45, 2.75) is 30.2 Å². The highest BCUT2D eigenvalue weighted by Crippen LogP contribution is 2.22. The maximum absolute atomic E-state index is 12.9. The first-order chi connectivity index (χ1) is 14.2. The molecule has 2 heterocycles. The van der Waals surface area contributed by atoms with Crippen molar-refractivity contribution < 1.29 is 4.79 Å². The number of hydrogen-bond acceptors (Lipinski definition) is 4. The van der Waals surface area contributed by atoms with Crippen molar-refractivity contribution >= 4 is 23.4 Å². The lowest BCUT2D eigenvalue weighted by atomic mass is 10.0. The predicted molar refractivity (Wildman–Crippen MR) is 122 cm³/mol. The number of rotatable bonds is 5. The maximum Gasteiger partial charge on any atom is 0.227 e. The first-order valence-electron chi connectivity index (χ1n) is 10.7. The largest absolute Gasteiger partial charge is 0.369 e. The molecule has 2 aliphatic rings. The third kappa shape index (κ3) is 5.14. The van der Waals surface area contributed by atoms with E-state index in [4.69, 9.17) is 0 Å². The molecule has 5 heteroatoms. The van der Waals surface area contributed by atoms with Crippen molar-refractivity contribution in [2.24, 2.45) is 0 Å². The van der Waals surface area contributed by atoms with E-state index in [0.717, 1.165) is 51.3 Å². The van der Waals surface area contributed by atoms with Crippen molar-refractivity contribution in [3.05, 3.63) is 60.2 Å². The summed E-state index contributed by atoms with van der Waals surface area (Å²) in [5.41, 5.74) is 2.44. The van der Waals surface area contributed by atoms with Crippen LogP contribution in [-0.4, -0.2) is 67.3 Å². The van der Waals surface area contributed by atoms with E-state index in [1.54, 1.807) is 11.8 Å². The Morgan fingerprint density at radius 2 is 1.69 bits per heavy atom. The Morgan fingerprint density at radius 3 is 2.38 bits per heavy atom. The Balaban J connectivity index is 1.29. The third-order valence-electron chi connectivity index (χ3n) is 6.22. The maximum atomic E-state index is 12.9. The molecule has 0 aromatic heterocycles. The van der Waals surface area contributed by atoms with Crippen molar-refractivity contribution in [2.75, 3.05) is 50.4 Å². The second-order valence-corrected chi connectivity index (χ2v) is 8.90. The van der Waals surface area contributed by atoms with Crippen molar-refractivity contribution in [3.63, 3.8) is 0 Å². The molecule has 0 bridgehead atoms. The lowest BCUT2D eigenvalue weighted by molar-refractivity contribution is -0.132. The van der Waals surface area contributed by atoms with Crippen LogP contribution in [0.25, 0.3) is 0 Å². The molecular weight excluding hydrogens is 378 g/mol. The number of hydrogen-bond donors (Lipinski definition) is 0. The number of carbonyl (C=O) groups excluding carboxylic acids is 1. The summed E-state index contributed by atoms with van der Waals surface area (Å²) in [6.07, 6.45) is 4.91. The lowest BCUT2D eigenvalue weighted by Gasteiger charge is -2.44. The highest BCUT2D eigenvalue weighted by molar-refractivity contribution is 7.98. The molecule has 0 aliphatic carbocycles. The van der Waals surface area contributed by atoms with Crippen LogP contribution >= 0.6 is 11.8 Å². The van der Waals surface area contributed by atoms with E-state index in [9.17, 15) is 4.79 Å². The summed E-state index contributed by atoms with van der Waals surface area (Å²) >= 11 is 1.73. The van der Waals surface area contributed by atoms with Gasteiger partial charge in [0.15, 0.2) is 0 Å². The van der Waals surface area contributed by atoms with E-state index >= 15 is 0 Å². The standard InChI is InChI=1S/C24H31N3OS/c1-29-23-11-9-20(10-12-23)18-24(28)27-13-5-8-22(19-27)26-16-14-25(15-17-26)21-6-3-2-4-7-21/h2-4,6-7,9-12,22H,5,8,13-19H2,1H3/t22-/m0/s1. The number of para-hydroxylation sites is 1. The number of nitrogens with zero attached hydrogens (tertiary/aromatic N) is 3. The van der Waals surface area contributed by atoms with E-state index in [1.165, 1.54) is 17.0 Å². The second-order valence-electron chi connectivity index (χ2n) is 8.02. The van der Waals surface area contributed by atoms with Crippen LogP contribution < -0.4 is 4.90 Å². The van der Waals surface area contributed by atoms with Crippen LogP contribution in [0.5, 0.6) is 0 Å². The molecule has 0 unspecified atom stereocenters. The zero-order chi connectivity index (χ0) is 20.1. The molecule has 2 aromatic carbocycles. The molecule has 2 saturated heterocycles. The summed E-state index contributed by atoms with van der Waals surface area (Å²) in [5, 5.41) is 0. The molecule has 1 atom stereocenters. The minimum Gasteiger partial charge on any atom is -0.369 e. The molecule has 0 spiro atoms. The Kier molecular flexibility index (Phi) is 6.78. The van der Waals surface area contributed by atoms with Gasteiger partial charge in [-0.15, -0.1) is 11.8 Å². The highest BCUT2D eigenvalue weighted by Gasteiger charge is 2.30. The Hall–Kier alpha value is -1.98. The molecule has 1 amide bonds. The molecule has 0 saturated carbocycles. The van der Waals surface area contributed by atoms with Gasteiger partial charge in [-0.2, -0.15) is 0 Å². The topological polar surface area (TPSA) is 26.8 Å². The van der Waals surface area contributed by atoms with E-state index in [0.29, 0.717) is 12.5 Å². The van der Waals surface area contributed by atoms with Crippen LogP contribution in [0.15, 0.2) is 59.5 Å². The molecule has 2 aromatic rings. The van der Waals surface area contributed by atoms with Crippen LogP contribution in [0.3, 0.4) is 0 Å². The number of piperidine rings is 1. The Morgan fingerprint density at radius 1 is 0.966 bits per heavy atom. The molecule has 0 N–H and O–H groups in total. The Bertz CT molecular complexity index is 788. The SMILES string of the molecule is CSc1ccc(CC(=O)N2CCC[C@H](N3CCN(c4ccccc4)CC3)C2)cc1. The molecular formula is C24H31N3OS. The summed E-state index contributed by atoms with van der Waals surface area (Å²) < 4.78 is 0. The number of likely N-dealkylation sites (tertiary alicyclic amines) is 1. The van der Waals surface area contributed by atoms with Gasteiger partial charge in [0.1, 0.15) is 0 Å². The lowest BCUT2D eigenvalue weighted by Crippen LogP contribution is -2.56. The normalized spacial score (nSPS) is 20.7. The van der Waals surface area contributed by atoms with E-state index in [2.05, 4.69) is 75.6 Å². The fourth-order valence-electron chi connectivity index (χ4n) is 4.49. The minimum absolute atomic E-state index is 0.273. The van der Waals surface area contributed by atoms with Gasteiger partial charge in [0.2, 0.25) is 5.91 Å². The van der Waals surface area contributed by atoms with Crippen LogP contribution in [-0.2, 0) is 11.2 Å². The number of anilines is 1. The van der Waals surface area contributed by atoms with Crippen molar-refractivity contribution in [1.82, 2.24) is 9.80 Å². The number of piperazine rings is 1. The number of amides is 1. The van der Waals surface area contributed by atoms with Crippen LogP contribution in [0.2, 0.25) is 0 Å². The molecule has 4 rings (SSSR count). The predicted octanol–water partition coefficient (Wildman–Crippen LogP) is 3.76. The summed E-state index contributed by atoms with van der Waals surface area (Å²) in [7, 11) is 0. The van der Waals surface area contributed by atoms with E-state index in [-0.39, 0.29) is 5.91 Å². The molecule has 154 valence electrons. The average molecular weight is 410 g/mol. The van der Waals surface area contributed by atoms with Crippen LogP contribution in [0, 0.1) is 0 Å². The monoisotopic (exact) mass is 409 g/mol. The summed E-state index contributed by atoms with van der Waals surface area (Å²) in [4.78, 5) is 21.3. The second kappa shape index (κ2) is 9.68. The zero-order valence-electron chi connectivity index (χ0n) is 17.3. The average Bonchev–Trinajstić information content (AvgIpc) is 2.80. The van der Waals surface area contributed by atoms with Gasteiger partial charge in [0.05, 0.1) is 6.42 Å². The molecule has 0 radical (unpaired) electrons. The summed E-state index contributed by atoms with van der Waals surface area (Å²) in [6, 6.07) is 19.6. The van der Waals surface area contributed by atoms with Gasteiger partial charge in [-0.3, -0.25) is 9.69 Å². The van der Waals surface area contributed by atoms with E-state index in [1.807, 2.05) is 0 Å². The van der Waals surface area contributed by atoms with Crippen LogP contribution in [0.4, 0.5) is 5.69 Å². The quantitative estimate of drug-likeness (QED) is 0.703. The molecule has 4 nitrogen and oxygen atoms in total. The smallest absolute Gasteiger partial charge is 0.227 e. The molecule has 2 fully saturated rings. The van der Waals surface area contributed by atoms with Crippen LogP contribution in [0.1, 0.15) is 18.4 Å². The Labute approximate surface area is 178 Å². The van der Waals surface area contributed by atoms with Gasteiger partial charge in [-0.1, -0.05) is 30.3 Å². The highest BCUT2D eigenvalue weighted by atomic mass is 32.2. The zero-order valence-corrected chi connectivity index (χ0v) is 18.1. The minimum atomic E-state index is 0.273. The van der Waals surface area contributed by atoms with Crippen molar-refractivity contribution in [1.29, 1.82) is 0 Å². The van der Waals surface area contributed by atoms with Gasteiger partial charge >= 0.3 is 0 Å². The van der Waals surface area contributed by atoms with Gasteiger partial charge in [-0.05, 0) is 48.9 Å². The van der Waals surface area contributed by atoms with Gasteiger partial charge in [-0.25, -0.2) is 0 Å². The first kappa shape index (κ1) is 20.3. The fourth-order valence-corrected chi connectivity index (χ4v) is 4.90.